The van der Waals surface area contributed by atoms with Gasteiger partial charge >= 0.3 is 0 Å². The molecule has 0 saturated heterocycles. The molecule has 0 N–H and O–H groups in total. The van der Waals surface area contributed by atoms with Gasteiger partial charge in [-0.25, -0.2) is 0 Å². The average Bonchev–Trinajstić information content (AvgIpc) is 3.30. The molecule has 0 aromatic rings. The Bertz CT molecular complexity index is 600. The molecule has 2 atom stereocenters. The summed E-state index contributed by atoms with van der Waals surface area (Å²) < 4.78 is 0. The van der Waals surface area contributed by atoms with Gasteiger partial charge in [-0.2, -0.15) is 0 Å². The molecule has 4 rings (SSSR count). The molecule has 0 radical (unpaired) electrons. The summed E-state index contributed by atoms with van der Waals surface area (Å²) >= 11 is 0. The molecule has 0 aromatic carbocycles. The van der Waals surface area contributed by atoms with Crippen LogP contribution in [0.5, 0.6) is 0 Å². The molecule has 2 aliphatic carbocycles. The van der Waals surface area contributed by atoms with Crippen molar-refractivity contribution in [3.05, 3.63) is 0 Å². The number of oxime groups is 2. The van der Waals surface area contributed by atoms with E-state index in [1.165, 1.54) is 11.4 Å². The van der Waals surface area contributed by atoms with E-state index in [2.05, 4.69) is 55.4 Å². The fourth-order valence-electron chi connectivity index (χ4n) is 7.42. The highest BCUT2D eigenvalue weighted by atomic mass is 16.7. The lowest BCUT2D eigenvalue weighted by atomic mass is 9.67. The number of fused-ring (bicyclic) bond motifs is 4. The highest BCUT2D eigenvalue weighted by molar-refractivity contribution is 6.17. The summed E-state index contributed by atoms with van der Waals surface area (Å²) in [5.41, 5.74) is 2.25. The minimum Gasteiger partial charge on any atom is -0.388 e. The van der Waals surface area contributed by atoms with Crippen molar-refractivity contribution >= 4 is 11.4 Å². The zero-order valence-electron chi connectivity index (χ0n) is 18.5. The number of nitrogens with zero attached hydrogens (tertiary/aromatic N) is 2. The van der Waals surface area contributed by atoms with Gasteiger partial charge in [0.25, 0.3) is 0 Å². The van der Waals surface area contributed by atoms with Gasteiger partial charge < -0.3 is 9.68 Å². The van der Waals surface area contributed by atoms with Gasteiger partial charge in [0.2, 0.25) is 0 Å². The van der Waals surface area contributed by atoms with Crippen molar-refractivity contribution in [2.45, 2.75) is 92.3 Å². The van der Waals surface area contributed by atoms with Gasteiger partial charge in [0.15, 0.2) is 0 Å². The summed E-state index contributed by atoms with van der Waals surface area (Å²) in [6.45, 7) is 18.3. The molecule has 1 spiro atoms. The molecule has 2 saturated carbocycles. The minimum atomic E-state index is -0.163. The SMILES string of the molecule is CC(C)C1(C(C)C)ON=C2C1CCC21CCC2C1=NOC2(C(C)C)C(C)C. The summed E-state index contributed by atoms with van der Waals surface area (Å²) in [6.07, 6.45) is 4.65. The van der Waals surface area contributed by atoms with Crippen LogP contribution in [0.25, 0.3) is 0 Å². The minimum absolute atomic E-state index is 0.00755. The lowest BCUT2D eigenvalue weighted by molar-refractivity contribution is -0.114. The third-order valence-corrected chi connectivity index (χ3v) is 8.66. The Hall–Kier alpha value is -1.06. The van der Waals surface area contributed by atoms with Crippen molar-refractivity contribution < 1.29 is 9.68 Å². The fraction of sp³-hybridized carbons (Fsp3) is 0.913. The maximum atomic E-state index is 6.30. The number of rotatable bonds is 4. The molecule has 27 heavy (non-hydrogen) atoms. The first-order chi connectivity index (χ1) is 12.6. The molecule has 2 fully saturated rings. The zero-order valence-corrected chi connectivity index (χ0v) is 18.5. The Morgan fingerprint density at radius 3 is 1.30 bits per heavy atom. The van der Waals surface area contributed by atoms with Gasteiger partial charge in [-0.3, -0.25) is 0 Å². The maximum absolute atomic E-state index is 6.30. The average molecular weight is 375 g/mol. The van der Waals surface area contributed by atoms with Gasteiger partial charge in [-0.1, -0.05) is 65.7 Å². The molecule has 2 aliphatic heterocycles. The van der Waals surface area contributed by atoms with E-state index in [0.717, 1.165) is 25.7 Å². The van der Waals surface area contributed by atoms with Gasteiger partial charge in [0.1, 0.15) is 11.2 Å². The molecule has 4 heteroatoms. The van der Waals surface area contributed by atoms with E-state index < -0.39 is 0 Å². The molecule has 152 valence electrons. The molecule has 2 heterocycles. The predicted octanol–water partition coefficient (Wildman–Crippen LogP) is 5.67. The van der Waals surface area contributed by atoms with Crippen molar-refractivity contribution in [3.8, 4) is 0 Å². The highest BCUT2D eigenvalue weighted by Crippen LogP contribution is 2.63. The Kier molecular flexibility index (Phi) is 4.26. The van der Waals surface area contributed by atoms with E-state index in [4.69, 9.17) is 20.0 Å². The second-order valence-electron chi connectivity index (χ2n) is 10.7. The van der Waals surface area contributed by atoms with E-state index >= 15 is 0 Å². The van der Waals surface area contributed by atoms with Gasteiger partial charge in [-0.15, -0.1) is 0 Å². The Morgan fingerprint density at radius 2 is 1.00 bits per heavy atom. The van der Waals surface area contributed by atoms with E-state index in [1.54, 1.807) is 0 Å². The Morgan fingerprint density at radius 1 is 0.667 bits per heavy atom. The summed E-state index contributed by atoms with van der Waals surface area (Å²) in [4.78, 5) is 12.6. The molecule has 2 unspecified atom stereocenters. The maximum Gasteiger partial charge on any atom is 0.150 e. The smallest absolute Gasteiger partial charge is 0.150 e. The van der Waals surface area contributed by atoms with Crippen LogP contribution in [0.1, 0.15) is 81.1 Å². The summed E-state index contributed by atoms with van der Waals surface area (Å²) in [6, 6.07) is 0. The van der Waals surface area contributed by atoms with Gasteiger partial charge in [0, 0.05) is 11.8 Å². The van der Waals surface area contributed by atoms with Gasteiger partial charge in [0.05, 0.1) is 16.8 Å². The summed E-state index contributed by atoms with van der Waals surface area (Å²) in [5, 5.41) is 9.61. The van der Waals surface area contributed by atoms with Gasteiger partial charge in [-0.05, 0) is 49.4 Å². The lowest BCUT2D eigenvalue weighted by Gasteiger charge is -2.39. The van der Waals surface area contributed by atoms with Crippen LogP contribution in [0, 0.1) is 40.9 Å². The number of hydrogen-bond donors (Lipinski definition) is 0. The second-order valence-corrected chi connectivity index (χ2v) is 10.7. The molecule has 0 aromatic heterocycles. The van der Waals surface area contributed by atoms with Crippen molar-refractivity contribution in [1.82, 2.24) is 0 Å². The summed E-state index contributed by atoms with van der Waals surface area (Å²) in [7, 11) is 0. The second kappa shape index (κ2) is 5.97. The third-order valence-electron chi connectivity index (χ3n) is 8.66. The monoisotopic (exact) mass is 374 g/mol. The van der Waals surface area contributed by atoms with Crippen molar-refractivity contribution in [2.75, 3.05) is 0 Å². The third kappa shape index (κ3) is 2.11. The van der Waals surface area contributed by atoms with Crippen LogP contribution in [-0.4, -0.2) is 22.6 Å². The number of hydrogen-bond acceptors (Lipinski definition) is 4. The van der Waals surface area contributed by atoms with Crippen LogP contribution < -0.4 is 0 Å². The van der Waals surface area contributed by atoms with E-state index in [-0.39, 0.29) is 16.6 Å². The van der Waals surface area contributed by atoms with Crippen LogP contribution in [0.3, 0.4) is 0 Å². The van der Waals surface area contributed by atoms with E-state index in [1.807, 2.05) is 0 Å². The molecule has 4 aliphatic rings. The van der Waals surface area contributed by atoms with Crippen LogP contribution in [0.2, 0.25) is 0 Å². The molecular weight excluding hydrogens is 336 g/mol. The predicted molar refractivity (Wildman–Crippen MR) is 110 cm³/mol. The normalized spacial score (nSPS) is 35.7. The molecular formula is C23H38N2O2. The Balaban J connectivity index is 1.71. The summed E-state index contributed by atoms with van der Waals surface area (Å²) in [5.74, 6) is 2.64. The quantitative estimate of drug-likeness (QED) is 0.636. The van der Waals surface area contributed by atoms with E-state index in [0.29, 0.717) is 35.5 Å². The van der Waals surface area contributed by atoms with Crippen LogP contribution >= 0.6 is 0 Å². The van der Waals surface area contributed by atoms with Crippen LogP contribution in [-0.2, 0) is 9.68 Å². The standard InChI is InChI=1S/C23H38N2O2/c1-13(2)22(14(3)4)17-9-11-21(19(17)24-26-22)12-10-18-20(21)25-27-23(18,15(5)6)16(7)8/h13-18H,9-12H2,1-8H3. The van der Waals surface area contributed by atoms with Crippen LogP contribution in [0.15, 0.2) is 10.3 Å². The zero-order chi connectivity index (χ0) is 19.8. The van der Waals surface area contributed by atoms with Crippen molar-refractivity contribution in [2.24, 2.45) is 51.2 Å². The first-order valence-corrected chi connectivity index (χ1v) is 11.2. The van der Waals surface area contributed by atoms with Crippen molar-refractivity contribution in [3.63, 3.8) is 0 Å². The topological polar surface area (TPSA) is 43.2 Å². The largest absolute Gasteiger partial charge is 0.388 e. The van der Waals surface area contributed by atoms with Crippen molar-refractivity contribution in [1.29, 1.82) is 0 Å². The first-order valence-electron chi connectivity index (χ1n) is 11.2. The van der Waals surface area contributed by atoms with E-state index in [9.17, 15) is 0 Å². The fourth-order valence-corrected chi connectivity index (χ4v) is 7.42. The molecule has 0 bridgehead atoms. The first kappa shape index (κ1) is 19.3. The Labute approximate surface area is 165 Å². The van der Waals surface area contributed by atoms with Crippen LogP contribution in [0.4, 0.5) is 0 Å². The molecule has 4 nitrogen and oxygen atoms in total. The lowest BCUT2D eigenvalue weighted by Crippen LogP contribution is -2.49. The highest BCUT2D eigenvalue weighted by Gasteiger charge is 2.69. The molecule has 0 amide bonds.